The van der Waals surface area contributed by atoms with Crippen LogP contribution in [0.15, 0.2) is 36.4 Å². The molecule has 6 heteroatoms. The number of allylic oxidation sites excluding steroid dienone is 1. The molecular weight excluding hydrogens is 372 g/mol. The summed E-state index contributed by atoms with van der Waals surface area (Å²) >= 11 is 0. The zero-order chi connectivity index (χ0) is 21.0. The maximum absolute atomic E-state index is 12.6. The third-order valence-electron chi connectivity index (χ3n) is 4.64. The summed E-state index contributed by atoms with van der Waals surface area (Å²) in [6.45, 7) is 4.42. The number of carboxylic acids is 1. The van der Waals surface area contributed by atoms with Crippen LogP contribution < -0.4 is 19.3 Å². The maximum atomic E-state index is 12.6. The van der Waals surface area contributed by atoms with Gasteiger partial charge in [-0.3, -0.25) is 4.79 Å². The second-order valence-electron chi connectivity index (χ2n) is 6.84. The van der Waals surface area contributed by atoms with Gasteiger partial charge >= 0.3 is 0 Å². The molecule has 0 radical (unpaired) electrons. The van der Waals surface area contributed by atoms with Gasteiger partial charge in [0.2, 0.25) is 0 Å². The zero-order valence-electron chi connectivity index (χ0n) is 16.7. The number of carbonyl (C=O) groups excluding carboxylic acids is 2. The molecule has 152 valence electrons. The highest BCUT2D eigenvalue weighted by atomic mass is 16.5. The minimum absolute atomic E-state index is 0.113. The third kappa shape index (κ3) is 4.77. The summed E-state index contributed by atoms with van der Waals surface area (Å²) in [5.41, 5.74) is 2.59. The third-order valence-corrected chi connectivity index (χ3v) is 4.64. The highest BCUT2D eigenvalue weighted by Crippen LogP contribution is 2.35. The summed E-state index contributed by atoms with van der Waals surface area (Å²) in [7, 11) is 1.45. The molecule has 2 aromatic carbocycles. The Hall–Kier alpha value is -3.28. The number of ether oxygens (including phenoxy) is 3. The van der Waals surface area contributed by atoms with Crippen molar-refractivity contribution in [1.29, 1.82) is 0 Å². The Kier molecular flexibility index (Phi) is 6.22. The van der Waals surface area contributed by atoms with Crippen LogP contribution in [0.4, 0.5) is 0 Å². The van der Waals surface area contributed by atoms with Gasteiger partial charge in [-0.05, 0) is 56.3 Å². The Labute approximate surface area is 169 Å². The molecule has 0 amide bonds. The number of carbonyl (C=O) groups is 2. The Morgan fingerprint density at radius 2 is 2.03 bits per heavy atom. The summed E-state index contributed by atoms with van der Waals surface area (Å²) in [5.74, 6) is 0.397. The molecule has 3 rings (SSSR count). The van der Waals surface area contributed by atoms with Crippen molar-refractivity contribution in [1.82, 2.24) is 0 Å². The highest BCUT2D eigenvalue weighted by molar-refractivity contribution is 6.07. The number of methoxy groups -OCH3 is 1. The highest BCUT2D eigenvalue weighted by Gasteiger charge is 2.21. The molecule has 1 heterocycles. The second kappa shape index (κ2) is 8.82. The van der Waals surface area contributed by atoms with Crippen molar-refractivity contribution in [2.75, 3.05) is 13.7 Å². The van der Waals surface area contributed by atoms with E-state index in [2.05, 4.69) is 0 Å². The maximum Gasteiger partial charge on any atom is 0.185 e. The van der Waals surface area contributed by atoms with Crippen LogP contribution in [-0.4, -0.2) is 31.6 Å². The Bertz CT molecular complexity index is 960. The van der Waals surface area contributed by atoms with E-state index in [-0.39, 0.29) is 18.3 Å². The summed E-state index contributed by atoms with van der Waals surface area (Å²) < 4.78 is 16.7. The first-order valence-corrected chi connectivity index (χ1v) is 9.46. The predicted octanol–water partition coefficient (Wildman–Crippen LogP) is 2.61. The van der Waals surface area contributed by atoms with E-state index in [0.29, 0.717) is 29.2 Å². The van der Waals surface area contributed by atoms with Gasteiger partial charge in [0, 0.05) is 41.1 Å². The van der Waals surface area contributed by atoms with Crippen LogP contribution in [-0.2, 0) is 17.6 Å². The molecule has 1 atom stereocenters. The lowest BCUT2D eigenvalue weighted by Gasteiger charge is -2.11. The monoisotopic (exact) mass is 395 g/mol. The lowest BCUT2D eigenvalue weighted by molar-refractivity contribution is -0.304. The number of carboxylic acid groups (broad SMARTS) is 1. The number of aliphatic carboxylic acids is 1. The SMILES string of the molecule is CCOc1cc2c(cc1/C=C/C(=O)c1ccc(OC)c(CC(=O)[O-])c1)O[C@@H](C)C2. The zero-order valence-corrected chi connectivity index (χ0v) is 16.7. The van der Waals surface area contributed by atoms with Gasteiger partial charge < -0.3 is 24.1 Å². The molecule has 0 fully saturated rings. The van der Waals surface area contributed by atoms with Crippen LogP contribution in [0.5, 0.6) is 17.2 Å². The fraction of sp³-hybridized carbons (Fsp3) is 0.304. The van der Waals surface area contributed by atoms with E-state index in [4.69, 9.17) is 14.2 Å². The van der Waals surface area contributed by atoms with E-state index >= 15 is 0 Å². The Balaban J connectivity index is 1.87. The first-order valence-electron chi connectivity index (χ1n) is 9.46. The fourth-order valence-electron chi connectivity index (χ4n) is 3.35. The van der Waals surface area contributed by atoms with Crippen molar-refractivity contribution in [3.05, 3.63) is 58.7 Å². The van der Waals surface area contributed by atoms with E-state index in [1.807, 2.05) is 26.0 Å². The molecular formula is C23H23O6-. The van der Waals surface area contributed by atoms with Crippen LogP contribution in [0.1, 0.15) is 40.9 Å². The molecule has 29 heavy (non-hydrogen) atoms. The molecule has 0 aromatic heterocycles. The van der Waals surface area contributed by atoms with Gasteiger partial charge in [-0.25, -0.2) is 0 Å². The minimum Gasteiger partial charge on any atom is -0.550 e. The summed E-state index contributed by atoms with van der Waals surface area (Å²) in [5, 5.41) is 11.0. The average molecular weight is 395 g/mol. The van der Waals surface area contributed by atoms with E-state index in [0.717, 1.165) is 23.3 Å². The Morgan fingerprint density at radius 3 is 2.72 bits per heavy atom. The summed E-state index contributed by atoms with van der Waals surface area (Å²) in [6.07, 6.45) is 3.73. The summed E-state index contributed by atoms with van der Waals surface area (Å²) in [4.78, 5) is 23.6. The number of rotatable bonds is 8. The molecule has 6 nitrogen and oxygen atoms in total. The van der Waals surface area contributed by atoms with Crippen LogP contribution in [0, 0.1) is 0 Å². The van der Waals surface area contributed by atoms with Gasteiger partial charge in [0.25, 0.3) is 0 Å². The molecule has 0 spiro atoms. The number of benzene rings is 2. The van der Waals surface area contributed by atoms with Crippen LogP contribution in [0.2, 0.25) is 0 Å². The van der Waals surface area contributed by atoms with Crippen molar-refractivity contribution in [2.24, 2.45) is 0 Å². The minimum atomic E-state index is -1.24. The largest absolute Gasteiger partial charge is 0.550 e. The van der Waals surface area contributed by atoms with Crippen molar-refractivity contribution in [3.63, 3.8) is 0 Å². The molecule has 0 saturated heterocycles. The van der Waals surface area contributed by atoms with Gasteiger partial charge in [0.05, 0.1) is 13.7 Å². The van der Waals surface area contributed by atoms with Crippen LogP contribution in [0.25, 0.3) is 6.08 Å². The number of hydrogen-bond acceptors (Lipinski definition) is 6. The topological polar surface area (TPSA) is 84.9 Å². The first kappa shape index (κ1) is 20.5. The fourth-order valence-corrected chi connectivity index (χ4v) is 3.35. The number of hydrogen-bond donors (Lipinski definition) is 0. The molecule has 1 aliphatic heterocycles. The van der Waals surface area contributed by atoms with Crippen molar-refractivity contribution < 1.29 is 28.9 Å². The smallest absolute Gasteiger partial charge is 0.185 e. The molecule has 0 bridgehead atoms. The van der Waals surface area contributed by atoms with Crippen molar-refractivity contribution >= 4 is 17.8 Å². The van der Waals surface area contributed by atoms with Crippen LogP contribution in [0.3, 0.4) is 0 Å². The van der Waals surface area contributed by atoms with Crippen molar-refractivity contribution in [2.45, 2.75) is 32.8 Å². The average Bonchev–Trinajstić information content (AvgIpc) is 3.04. The van der Waals surface area contributed by atoms with Crippen LogP contribution >= 0.6 is 0 Å². The number of fused-ring (bicyclic) bond motifs is 1. The van der Waals surface area contributed by atoms with Gasteiger partial charge in [-0.15, -0.1) is 0 Å². The lowest BCUT2D eigenvalue weighted by atomic mass is 10.0. The molecule has 0 saturated carbocycles. The molecule has 0 aliphatic carbocycles. The molecule has 0 N–H and O–H groups in total. The summed E-state index contributed by atoms with van der Waals surface area (Å²) in [6, 6.07) is 8.52. The number of ketones is 1. The lowest BCUT2D eigenvalue weighted by Crippen LogP contribution is -2.24. The molecule has 1 aliphatic rings. The van der Waals surface area contributed by atoms with Crippen molar-refractivity contribution in [3.8, 4) is 17.2 Å². The van der Waals surface area contributed by atoms with Gasteiger partial charge in [-0.1, -0.05) is 0 Å². The van der Waals surface area contributed by atoms with E-state index in [9.17, 15) is 14.7 Å². The first-order chi connectivity index (χ1) is 13.9. The quantitative estimate of drug-likeness (QED) is 0.505. The predicted molar refractivity (Wildman–Crippen MR) is 106 cm³/mol. The molecule has 2 aromatic rings. The van der Waals surface area contributed by atoms with Gasteiger partial charge in [0.1, 0.15) is 23.4 Å². The Morgan fingerprint density at radius 1 is 1.24 bits per heavy atom. The van der Waals surface area contributed by atoms with E-state index in [1.165, 1.54) is 19.3 Å². The normalized spacial score (nSPS) is 15.1. The van der Waals surface area contributed by atoms with E-state index < -0.39 is 5.97 Å². The second-order valence-corrected chi connectivity index (χ2v) is 6.84. The van der Waals surface area contributed by atoms with Gasteiger partial charge in [-0.2, -0.15) is 0 Å². The van der Waals surface area contributed by atoms with Gasteiger partial charge in [0.15, 0.2) is 5.78 Å². The van der Waals surface area contributed by atoms with E-state index in [1.54, 1.807) is 18.2 Å². The molecule has 0 unspecified atom stereocenters. The standard InChI is InChI=1S/C23H24O6/c1-4-28-21-12-17-9-14(2)29-22(17)11-16(21)5-7-19(24)15-6-8-20(27-3)18(10-15)13-23(25)26/h5-8,10-12,14H,4,9,13H2,1-3H3,(H,25,26)/p-1/b7-5+/t14-/m0/s1.